The molecule has 1 amide bonds. The average Bonchev–Trinajstić information content (AvgIpc) is 3.19. The Morgan fingerprint density at radius 2 is 1.96 bits per heavy atom. The van der Waals surface area contributed by atoms with E-state index < -0.39 is 0 Å². The maximum absolute atomic E-state index is 11.8. The number of benzene rings is 2. The van der Waals surface area contributed by atoms with E-state index in [0.717, 1.165) is 27.8 Å². The highest BCUT2D eigenvalue weighted by atomic mass is 32.2. The van der Waals surface area contributed by atoms with Gasteiger partial charge in [0.25, 0.3) is 5.24 Å². The lowest BCUT2D eigenvalue weighted by Gasteiger charge is -2.10. The zero-order valence-corrected chi connectivity index (χ0v) is 14.9. The smallest absolute Gasteiger partial charge is 0.291 e. The zero-order valence-electron chi connectivity index (χ0n) is 14.1. The van der Waals surface area contributed by atoms with Gasteiger partial charge >= 0.3 is 0 Å². The van der Waals surface area contributed by atoms with Crippen molar-refractivity contribution >= 4 is 39.1 Å². The minimum atomic E-state index is -0.331. The molecule has 1 fully saturated rings. The number of ether oxygens (including phenoxy) is 1. The first-order valence-electron chi connectivity index (χ1n) is 8.10. The Balaban J connectivity index is 1.73. The van der Waals surface area contributed by atoms with Crippen molar-refractivity contribution in [3.8, 4) is 5.75 Å². The summed E-state index contributed by atoms with van der Waals surface area (Å²) in [5.74, 6) is 0.851. The van der Waals surface area contributed by atoms with Crippen LogP contribution in [-0.4, -0.2) is 22.0 Å². The highest BCUT2D eigenvalue weighted by molar-refractivity contribution is 8.27. The van der Waals surface area contributed by atoms with Crippen LogP contribution in [0.25, 0.3) is 17.0 Å². The average molecular weight is 364 g/mol. The van der Waals surface area contributed by atoms with Crippen LogP contribution in [0.15, 0.2) is 60.4 Å². The summed E-state index contributed by atoms with van der Waals surface area (Å²) >= 11 is 0.688. The molecule has 5 nitrogen and oxygen atoms in total. The normalized spacial score (nSPS) is 15.7. The van der Waals surface area contributed by atoms with Crippen LogP contribution in [0.4, 0.5) is 4.79 Å². The van der Waals surface area contributed by atoms with Gasteiger partial charge in [-0.15, -0.1) is 0 Å². The Bertz CT molecular complexity index is 1050. The van der Waals surface area contributed by atoms with Crippen LogP contribution >= 0.6 is 11.8 Å². The van der Waals surface area contributed by atoms with Gasteiger partial charge in [0.2, 0.25) is 5.12 Å². The van der Waals surface area contributed by atoms with Crippen molar-refractivity contribution in [2.75, 3.05) is 7.11 Å². The summed E-state index contributed by atoms with van der Waals surface area (Å²) in [6, 6.07) is 15.9. The van der Waals surface area contributed by atoms with E-state index in [2.05, 4.69) is 9.88 Å². The Labute approximate surface area is 154 Å². The van der Waals surface area contributed by atoms with E-state index in [1.807, 2.05) is 54.7 Å². The molecule has 2 aromatic carbocycles. The first kappa shape index (κ1) is 16.5. The number of carbonyl (C=O) groups is 2. The lowest BCUT2D eigenvalue weighted by Crippen LogP contribution is -2.10. The molecule has 1 aliphatic rings. The molecule has 130 valence electrons. The van der Waals surface area contributed by atoms with Crippen LogP contribution in [-0.2, 0) is 11.3 Å². The molecular weight excluding hydrogens is 348 g/mol. The number of hydrogen-bond acceptors (Lipinski definition) is 4. The van der Waals surface area contributed by atoms with Crippen LogP contribution in [0.3, 0.4) is 0 Å². The first-order chi connectivity index (χ1) is 12.7. The number of amides is 1. The van der Waals surface area contributed by atoms with Crippen LogP contribution in [0.1, 0.15) is 11.1 Å². The van der Waals surface area contributed by atoms with Crippen molar-refractivity contribution in [3.05, 3.63) is 71.6 Å². The molecule has 0 saturated carbocycles. The second kappa shape index (κ2) is 6.72. The van der Waals surface area contributed by atoms with Gasteiger partial charge in [0, 0.05) is 34.4 Å². The maximum Gasteiger partial charge on any atom is 0.291 e. The van der Waals surface area contributed by atoms with Gasteiger partial charge in [0.05, 0.1) is 19.4 Å². The molecule has 6 heteroatoms. The molecule has 1 saturated heterocycles. The van der Waals surface area contributed by atoms with Crippen LogP contribution in [0, 0.1) is 0 Å². The topological polar surface area (TPSA) is 60.3 Å². The summed E-state index contributed by atoms with van der Waals surface area (Å²) in [4.78, 5) is 23.2. The molecule has 0 spiro atoms. The van der Waals surface area contributed by atoms with Crippen LogP contribution < -0.4 is 10.1 Å². The van der Waals surface area contributed by atoms with Gasteiger partial charge in [-0.05, 0) is 29.8 Å². The molecule has 3 aromatic rings. The summed E-state index contributed by atoms with van der Waals surface area (Å²) in [5.41, 5.74) is 3.36. The van der Waals surface area contributed by atoms with Gasteiger partial charge in [-0.2, -0.15) is 0 Å². The minimum Gasteiger partial charge on any atom is -0.496 e. The number of hydrogen-bond donors (Lipinski definition) is 1. The lowest BCUT2D eigenvalue weighted by molar-refractivity contribution is -0.107. The predicted molar refractivity (Wildman–Crippen MR) is 103 cm³/mol. The van der Waals surface area contributed by atoms with Crippen LogP contribution in [0.2, 0.25) is 0 Å². The highest BCUT2D eigenvalue weighted by Crippen LogP contribution is 2.27. The van der Waals surface area contributed by atoms with E-state index in [1.54, 1.807) is 13.2 Å². The van der Waals surface area contributed by atoms with Gasteiger partial charge in [0.1, 0.15) is 5.75 Å². The Morgan fingerprint density at radius 3 is 2.73 bits per heavy atom. The van der Waals surface area contributed by atoms with Crippen molar-refractivity contribution in [3.63, 3.8) is 0 Å². The third-order valence-electron chi connectivity index (χ3n) is 4.32. The van der Waals surface area contributed by atoms with Crippen molar-refractivity contribution in [1.82, 2.24) is 9.88 Å². The van der Waals surface area contributed by atoms with Gasteiger partial charge < -0.3 is 14.6 Å². The minimum absolute atomic E-state index is 0.250. The number of aromatic nitrogens is 1. The SMILES string of the molecule is COc1ccccc1Cn1ccc2c(C=C3NC(=O)SC3=O)cccc21. The third-order valence-corrected chi connectivity index (χ3v) is 5.02. The monoisotopic (exact) mass is 364 g/mol. The number of rotatable bonds is 4. The summed E-state index contributed by atoms with van der Waals surface area (Å²) in [7, 11) is 1.67. The second-order valence-electron chi connectivity index (χ2n) is 5.90. The Kier molecular flexibility index (Phi) is 4.26. The molecule has 1 aromatic heterocycles. The fourth-order valence-corrected chi connectivity index (χ4v) is 3.65. The molecule has 2 heterocycles. The van der Waals surface area contributed by atoms with Gasteiger partial charge in [-0.1, -0.05) is 30.3 Å². The fraction of sp³-hybridized carbons (Fsp3) is 0.100. The summed E-state index contributed by atoms with van der Waals surface area (Å²) in [5, 5.41) is 3.03. The Hall–Kier alpha value is -2.99. The molecular formula is C20H16N2O3S. The molecule has 1 aliphatic heterocycles. The number of nitrogens with one attached hydrogen (secondary N) is 1. The summed E-state index contributed by atoms with van der Waals surface area (Å²) in [6.45, 7) is 0.680. The van der Waals surface area contributed by atoms with E-state index in [9.17, 15) is 9.59 Å². The molecule has 26 heavy (non-hydrogen) atoms. The number of carbonyl (C=O) groups excluding carboxylic acids is 2. The first-order valence-corrected chi connectivity index (χ1v) is 8.92. The number of methoxy groups -OCH3 is 1. The quantitative estimate of drug-likeness (QED) is 0.710. The molecule has 0 aliphatic carbocycles. The van der Waals surface area contributed by atoms with Gasteiger partial charge in [0.15, 0.2) is 0 Å². The third kappa shape index (κ3) is 2.99. The number of fused-ring (bicyclic) bond motifs is 1. The van der Waals surface area contributed by atoms with E-state index >= 15 is 0 Å². The number of thioether (sulfide) groups is 1. The summed E-state index contributed by atoms with van der Waals surface area (Å²) < 4.78 is 7.58. The Morgan fingerprint density at radius 1 is 1.12 bits per heavy atom. The number of para-hydroxylation sites is 1. The number of nitrogens with zero attached hydrogens (tertiary/aromatic N) is 1. The fourth-order valence-electron chi connectivity index (χ4n) is 3.10. The second-order valence-corrected chi connectivity index (χ2v) is 6.84. The standard InChI is InChI=1S/C20H16N2O3S/c1-25-18-8-3-2-5-14(18)12-22-10-9-15-13(6-4-7-17(15)22)11-16-19(23)26-20(24)21-16/h2-11H,12H2,1H3,(H,21,24). The summed E-state index contributed by atoms with van der Waals surface area (Å²) in [6.07, 6.45) is 3.75. The van der Waals surface area contributed by atoms with Crippen LogP contribution in [0.5, 0.6) is 5.75 Å². The van der Waals surface area contributed by atoms with E-state index in [-0.39, 0.29) is 10.4 Å². The molecule has 1 N–H and O–H groups in total. The molecule has 0 unspecified atom stereocenters. The molecule has 0 radical (unpaired) electrons. The van der Waals surface area contributed by atoms with E-state index in [1.165, 1.54) is 0 Å². The zero-order chi connectivity index (χ0) is 18.1. The van der Waals surface area contributed by atoms with Gasteiger partial charge in [-0.25, -0.2) is 0 Å². The van der Waals surface area contributed by atoms with E-state index in [0.29, 0.717) is 24.0 Å². The molecule has 0 bridgehead atoms. The van der Waals surface area contributed by atoms with Crippen molar-refractivity contribution in [2.45, 2.75) is 6.54 Å². The largest absolute Gasteiger partial charge is 0.496 e. The van der Waals surface area contributed by atoms with Crippen molar-refractivity contribution in [2.24, 2.45) is 0 Å². The highest BCUT2D eigenvalue weighted by Gasteiger charge is 2.25. The lowest BCUT2D eigenvalue weighted by atomic mass is 10.1. The molecule has 0 atom stereocenters. The van der Waals surface area contributed by atoms with E-state index in [4.69, 9.17) is 4.74 Å². The maximum atomic E-state index is 11.8. The predicted octanol–water partition coefficient (Wildman–Crippen LogP) is 4.02. The molecule has 4 rings (SSSR count). The van der Waals surface area contributed by atoms with Crippen molar-refractivity contribution in [1.29, 1.82) is 0 Å². The van der Waals surface area contributed by atoms with Gasteiger partial charge in [-0.3, -0.25) is 9.59 Å². The van der Waals surface area contributed by atoms with Crippen molar-refractivity contribution < 1.29 is 14.3 Å².